The lowest BCUT2D eigenvalue weighted by Gasteiger charge is -2.34. The van der Waals surface area contributed by atoms with Crippen molar-refractivity contribution in [1.29, 1.82) is 0 Å². The first kappa shape index (κ1) is 16.9. The van der Waals surface area contributed by atoms with Crippen LogP contribution in [0, 0.1) is 19.7 Å². The fourth-order valence-electron chi connectivity index (χ4n) is 2.95. The molecular formula is C17H19ClFN3O2. The van der Waals surface area contributed by atoms with Gasteiger partial charge in [-0.05, 0) is 31.5 Å². The fraction of sp³-hybridized carbons (Fsp3) is 0.412. The second-order valence-electron chi connectivity index (χ2n) is 6.00. The smallest absolute Gasteiger partial charge is 0.259 e. The number of carbonyl (C=O) groups is 1. The van der Waals surface area contributed by atoms with Crippen LogP contribution in [0.3, 0.4) is 0 Å². The Morgan fingerprint density at radius 1 is 1.29 bits per heavy atom. The summed E-state index contributed by atoms with van der Waals surface area (Å²) in [6, 6.07) is 4.45. The minimum atomic E-state index is -0.335. The Hall–Kier alpha value is -1.92. The minimum absolute atomic E-state index is 0.0364. The van der Waals surface area contributed by atoms with Gasteiger partial charge in [-0.15, -0.1) is 0 Å². The van der Waals surface area contributed by atoms with Gasteiger partial charge in [0.15, 0.2) is 0 Å². The van der Waals surface area contributed by atoms with Crippen LogP contribution in [0.15, 0.2) is 22.7 Å². The Morgan fingerprint density at radius 3 is 2.58 bits per heavy atom. The van der Waals surface area contributed by atoms with Crippen molar-refractivity contribution in [3.63, 3.8) is 0 Å². The summed E-state index contributed by atoms with van der Waals surface area (Å²) in [6.45, 7) is 6.90. The molecule has 1 fully saturated rings. The largest absolute Gasteiger partial charge is 0.361 e. The Kier molecular flexibility index (Phi) is 4.87. The fourth-order valence-corrected chi connectivity index (χ4v) is 3.17. The number of hydrogen-bond donors (Lipinski definition) is 0. The van der Waals surface area contributed by atoms with Gasteiger partial charge in [0, 0.05) is 37.7 Å². The molecule has 1 amide bonds. The van der Waals surface area contributed by atoms with E-state index in [0.717, 1.165) is 18.7 Å². The highest BCUT2D eigenvalue weighted by atomic mass is 35.5. The van der Waals surface area contributed by atoms with Crippen molar-refractivity contribution in [3.8, 4) is 0 Å². The molecule has 128 valence electrons. The van der Waals surface area contributed by atoms with Crippen molar-refractivity contribution in [3.05, 3.63) is 51.6 Å². The standard InChI is InChI=1S/C17H19ClFN3O2/c1-11-16(12(2)24-20-11)17(23)22-7-5-21(6-8-22)10-13-3-4-14(19)9-15(13)18/h3-4,9H,5-8,10H2,1-2H3. The normalized spacial score (nSPS) is 15.8. The summed E-state index contributed by atoms with van der Waals surface area (Å²) in [4.78, 5) is 16.6. The second kappa shape index (κ2) is 6.91. The quantitative estimate of drug-likeness (QED) is 0.852. The third-order valence-electron chi connectivity index (χ3n) is 4.32. The summed E-state index contributed by atoms with van der Waals surface area (Å²) in [5.74, 6) is 0.183. The Labute approximate surface area is 145 Å². The number of nitrogens with zero attached hydrogens (tertiary/aromatic N) is 3. The molecular weight excluding hydrogens is 333 g/mol. The van der Waals surface area contributed by atoms with Gasteiger partial charge in [0.1, 0.15) is 17.1 Å². The number of amides is 1. The predicted octanol–water partition coefficient (Wildman–Crippen LogP) is 3.04. The number of aryl methyl sites for hydroxylation is 2. The molecule has 7 heteroatoms. The van der Waals surface area contributed by atoms with Crippen LogP contribution in [0.4, 0.5) is 4.39 Å². The number of halogens is 2. The van der Waals surface area contributed by atoms with Gasteiger partial charge in [-0.3, -0.25) is 9.69 Å². The molecule has 0 radical (unpaired) electrons. The summed E-state index contributed by atoms with van der Waals surface area (Å²) < 4.78 is 18.2. The van der Waals surface area contributed by atoms with E-state index < -0.39 is 0 Å². The Morgan fingerprint density at radius 2 is 2.00 bits per heavy atom. The molecule has 0 atom stereocenters. The van der Waals surface area contributed by atoms with Crippen molar-refractivity contribution >= 4 is 17.5 Å². The second-order valence-corrected chi connectivity index (χ2v) is 6.41. The maximum atomic E-state index is 13.1. The number of benzene rings is 1. The van der Waals surface area contributed by atoms with E-state index in [0.29, 0.717) is 41.7 Å². The Bertz CT molecular complexity index is 735. The van der Waals surface area contributed by atoms with Gasteiger partial charge in [-0.2, -0.15) is 0 Å². The summed E-state index contributed by atoms with van der Waals surface area (Å²) in [7, 11) is 0. The van der Waals surface area contributed by atoms with Gasteiger partial charge in [0.25, 0.3) is 5.91 Å². The molecule has 1 aliphatic rings. The molecule has 0 unspecified atom stereocenters. The zero-order valence-corrected chi connectivity index (χ0v) is 14.4. The van der Waals surface area contributed by atoms with Crippen LogP contribution in [0.25, 0.3) is 0 Å². The summed E-state index contributed by atoms with van der Waals surface area (Å²) in [5.41, 5.74) is 2.08. The van der Waals surface area contributed by atoms with E-state index in [1.807, 2.05) is 4.90 Å². The van der Waals surface area contributed by atoms with E-state index in [9.17, 15) is 9.18 Å². The molecule has 3 rings (SSSR count). The number of rotatable bonds is 3. The summed E-state index contributed by atoms with van der Waals surface area (Å²) in [6.07, 6.45) is 0. The van der Waals surface area contributed by atoms with Gasteiger partial charge in [-0.25, -0.2) is 4.39 Å². The molecule has 0 saturated carbocycles. The van der Waals surface area contributed by atoms with E-state index >= 15 is 0 Å². The van der Waals surface area contributed by atoms with Crippen LogP contribution < -0.4 is 0 Å². The topological polar surface area (TPSA) is 49.6 Å². The van der Waals surface area contributed by atoms with Gasteiger partial charge < -0.3 is 9.42 Å². The van der Waals surface area contributed by atoms with Crippen molar-refractivity contribution in [2.75, 3.05) is 26.2 Å². The molecule has 1 aromatic carbocycles. The third-order valence-corrected chi connectivity index (χ3v) is 4.67. The SMILES string of the molecule is Cc1noc(C)c1C(=O)N1CCN(Cc2ccc(F)cc2Cl)CC1. The lowest BCUT2D eigenvalue weighted by molar-refractivity contribution is 0.0626. The van der Waals surface area contributed by atoms with Gasteiger partial charge in [0.05, 0.1) is 5.69 Å². The molecule has 0 aliphatic carbocycles. The molecule has 0 spiro atoms. The maximum absolute atomic E-state index is 13.1. The van der Waals surface area contributed by atoms with Crippen LogP contribution in [-0.4, -0.2) is 47.0 Å². The highest BCUT2D eigenvalue weighted by molar-refractivity contribution is 6.31. The monoisotopic (exact) mass is 351 g/mol. The summed E-state index contributed by atoms with van der Waals surface area (Å²) >= 11 is 6.08. The third kappa shape index (κ3) is 3.44. The van der Waals surface area contributed by atoms with Crippen LogP contribution >= 0.6 is 11.6 Å². The summed E-state index contributed by atoms with van der Waals surface area (Å²) in [5, 5.41) is 4.28. The molecule has 1 aliphatic heterocycles. The van der Waals surface area contributed by atoms with Crippen LogP contribution in [-0.2, 0) is 6.54 Å². The van der Waals surface area contributed by atoms with E-state index in [4.69, 9.17) is 16.1 Å². The molecule has 2 aromatic rings. The van der Waals surface area contributed by atoms with E-state index in [1.54, 1.807) is 19.9 Å². The highest BCUT2D eigenvalue weighted by Crippen LogP contribution is 2.21. The molecule has 24 heavy (non-hydrogen) atoms. The van der Waals surface area contributed by atoms with Crippen LogP contribution in [0.2, 0.25) is 5.02 Å². The average molecular weight is 352 g/mol. The van der Waals surface area contributed by atoms with E-state index in [2.05, 4.69) is 10.1 Å². The van der Waals surface area contributed by atoms with Crippen molar-refractivity contribution in [2.45, 2.75) is 20.4 Å². The van der Waals surface area contributed by atoms with Gasteiger partial charge in [-0.1, -0.05) is 22.8 Å². The van der Waals surface area contributed by atoms with Gasteiger partial charge >= 0.3 is 0 Å². The van der Waals surface area contributed by atoms with Crippen molar-refractivity contribution in [1.82, 2.24) is 15.0 Å². The van der Waals surface area contributed by atoms with Crippen molar-refractivity contribution < 1.29 is 13.7 Å². The van der Waals surface area contributed by atoms with Gasteiger partial charge in [0.2, 0.25) is 0 Å². The molecule has 5 nitrogen and oxygen atoms in total. The lowest BCUT2D eigenvalue weighted by atomic mass is 10.1. The zero-order valence-electron chi connectivity index (χ0n) is 13.7. The molecule has 2 heterocycles. The molecule has 1 aromatic heterocycles. The number of hydrogen-bond acceptors (Lipinski definition) is 4. The van der Waals surface area contributed by atoms with Crippen LogP contribution in [0.1, 0.15) is 27.4 Å². The number of piperazine rings is 1. The van der Waals surface area contributed by atoms with Crippen molar-refractivity contribution in [2.24, 2.45) is 0 Å². The number of aromatic nitrogens is 1. The van der Waals surface area contributed by atoms with Crippen LogP contribution in [0.5, 0.6) is 0 Å². The predicted molar refractivity (Wildman–Crippen MR) is 88.6 cm³/mol. The average Bonchev–Trinajstić information content (AvgIpc) is 2.89. The first-order valence-corrected chi connectivity index (χ1v) is 8.22. The Balaban J connectivity index is 1.60. The molecule has 0 bridgehead atoms. The minimum Gasteiger partial charge on any atom is -0.361 e. The first-order valence-electron chi connectivity index (χ1n) is 7.84. The maximum Gasteiger partial charge on any atom is 0.259 e. The highest BCUT2D eigenvalue weighted by Gasteiger charge is 2.26. The zero-order chi connectivity index (χ0) is 17.3. The van der Waals surface area contributed by atoms with E-state index in [-0.39, 0.29) is 11.7 Å². The van der Waals surface area contributed by atoms with E-state index in [1.165, 1.54) is 12.1 Å². The first-order chi connectivity index (χ1) is 11.5. The molecule has 0 N–H and O–H groups in total. The number of carbonyl (C=O) groups excluding carboxylic acids is 1. The molecule has 1 saturated heterocycles. The lowest BCUT2D eigenvalue weighted by Crippen LogP contribution is -2.48.